The summed E-state index contributed by atoms with van der Waals surface area (Å²) in [6.45, 7) is 0.375. The Bertz CT molecular complexity index is 753. The third kappa shape index (κ3) is 4.59. The van der Waals surface area contributed by atoms with Crippen molar-refractivity contribution in [3.63, 3.8) is 0 Å². The fourth-order valence-corrected chi connectivity index (χ4v) is 1.93. The predicted octanol–water partition coefficient (Wildman–Crippen LogP) is 2.47. The Morgan fingerprint density at radius 1 is 1.00 bits per heavy atom. The highest BCUT2D eigenvalue weighted by molar-refractivity contribution is 5.77. The summed E-state index contributed by atoms with van der Waals surface area (Å²) in [6.07, 6.45) is 0. The Balaban J connectivity index is 1.86. The van der Waals surface area contributed by atoms with Gasteiger partial charge in [-0.25, -0.2) is 0 Å². The van der Waals surface area contributed by atoms with Crippen molar-refractivity contribution >= 4 is 5.91 Å². The van der Waals surface area contributed by atoms with Crippen LogP contribution in [0.25, 0.3) is 0 Å². The lowest BCUT2D eigenvalue weighted by atomic mass is 10.1. The summed E-state index contributed by atoms with van der Waals surface area (Å²) in [5.41, 5.74) is 2.08. The van der Waals surface area contributed by atoms with E-state index in [0.717, 1.165) is 5.56 Å². The van der Waals surface area contributed by atoms with Gasteiger partial charge >= 0.3 is 0 Å². The number of rotatable bonds is 5. The second-order valence-electron chi connectivity index (χ2n) is 4.98. The number of likely N-dealkylation sites (N-methyl/N-ethyl adjacent to an activating group) is 1. The summed E-state index contributed by atoms with van der Waals surface area (Å²) >= 11 is 0. The molecule has 0 aliphatic rings. The maximum absolute atomic E-state index is 12.1. The number of carbonyl (C=O) groups excluding carboxylic acids is 1. The van der Waals surface area contributed by atoms with Crippen molar-refractivity contribution < 1.29 is 9.53 Å². The van der Waals surface area contributed by atoms with Gasteiger partial charge in [-0.1, -0.05) is 12.1 Å². The number of amides is 1. The minimum atomic E-state index is -0.154. The average molecular weight is 305 g/mol. The van der Waals surface area contributed by atoms with Gasteiger partial charge < -0.3 is 9.64 Å². The van der Waals surface area contributed by atoms with Crippen LogP contribution >= 0.6 is 0 Å². The Labute approximate surface area is 134 Å². The van der Waals surface area contributed by atoms with Gasteiger partial charge in [0.1, 0.15) is 5.75 Å². The zero-order chi connectivity index (χ0) is 16.7. The van der Waals surface area contributed by atoms with Crippen molar-refractivity contribution in [2.24, 2.45) is 0 Å². The van der Waals surface area contributed by atoms with Gasteiger partial charge in [-0.3, -0.25) is 4.79 Å². The molecule has 5 heteroatoms. The molecule has 0 saturated carbocycles. The van der Waals surface area contributed by atoms with E-state index in [0.29, 0.717) is 23.4 Å². The van der Waals surface area contributed by atoms with Gasteiger partial charge in [0.05, 0.1) is 23.3 Å². The maximum atomic E-state index is 12.1. The lowest BCUT2D eigenvalue weighted by Gasteiger charge is -2.17. The predicted molar refractivity (Wildman–Crippen MR) is 84.3 cm³/mol. The second-order valence-corrected chi connectivity index (χ2v) is 4.98. The van der Waals surface area contributed by atoms with Gasteiger partial charge in [-0.05, 0) is 42.0 Å². The molecule has 0 atom stereocenters. The molecule has 2 aromatic rings. The summed E-state index contributed by atoms with van der Waals surface area (Å²) in [4.78, 5) is 13.6. The van der Waals surface area contributed by atoms with E-state index in [1.807, 2.05) is 18.2 Å². The molecular formula is C18H15N3O2. The average Bonchev–Trinajstić information content (AvgIpc) is 2.60. The fraction of sp³-hybridized carbons (Fsp3) is 0.167. The smallest absolute Gasteiger partial charge is 0.260 e. The molecule has 0 spiro atoms. The quantitative estimate of drug-likeness (QED) is 0.850. The third-order valence-electron chi connectivity index (χ3n) is 3.27. The number of nitrogens with zero attached hydrogens (tertiary/aromatic N) is 3. The molecule has 114 valence electrons. The molecule has 0 saturated heterocycles. The number of benzene rings is 2. The number of nitriles is 2. The molecule has 23 heavy (non-hydrogen) atoms. The molecule has 0 radical (unpaired) electrons. The van der Waals surface area contributed by atoms with Gasteiger partial charge in [-0.15, -0.1) is 0 Å². The molecule has 1 amide bonds. The first-order valence-electron chi connectivity index (χ1n) is 6.98. The van der Waals surface area contributed by atoms with Crippen molar-refractivity contribution in [1.82, 2.24) is 4.90 Å². The summed E-state index contributed by atoms with van der Waals surface area (Å²) in [7, 11) is 1.70. The highest BCUT2D eigenvalue weighted by Gasteiger charge is 2.10. The van der Waals surface area contributed by atoms with Crippen molar-refractivity contribution in [2.45, 2.75) is 6.54 Å². The molecule has 0 aromatic heterocycles. The minimum absolute atomic E-state index is 0.0708. The second kappa shape index (κ2) is 7.63. The number of hydrogen-bond donors (Lipinski definition) is 0. The Kier molecular flexibility index (Phi) is 5.33. The largest absolute Gasteiger partial charge is 0.484 e. The van der Waals surface area contributed by atoms with E-state index >= 15 is 0 Å². The van der Waals surface area contributed by atoms with Crippen LogP contribution < -0.4 is 4.74 Å². The molecule has 2 aromatic carbocycles. The SMILES string of the molecule is CN(Cc1ccc(C#N)cc1)C(=O)COc1ccc(C#N)cc1. The molecular weight excluding hydrogens is 290 g/mol. The monoisotopic (exact) mass is 305 g/mol. The molecule has 0 unspecified atom stereocenters. The molecule has 0 heterocycles. The Morgan fingerprint density at radius 2 is 1.52 bits per heavy atom. The molecule has 0 bridgehead atoms. The van der Waals surface area contributed by atoms with Gasteiger partial charge in [0.15, 0.2) is 6.61 Å². The molecule has 2 rings (SSSR count). The van der Waals surface area contributed by atoms with Crippen LogP contribution in [0.1, 0.15) is 16.7 Å². The summed E-state index contributed by atoms with van der Waals surface area (Å²) < 4.78 is 5.42. The Morgan fingerprint density at radius 3 is 2.04 bits per heavy atom. The van der Waals surface area contributed by atoms with E-state index in [1.165, 1.54) is 0 Å². The van der Waals surface area contributed by atoms with E-state index in [1.54, 1.807) is 48.3 Å². The zero-order valence-electron chi connectivity index (χ0n) is 12.7. The standard InChI is InChI=1S/C18H15N3O2/c1-21(12-16-4-2-14(10-19)3-5-16)18(22)13-23-17-8-6-15(11-20)7-9-17/h2-9H,12-13H2,1H3. The van der Waals surface area contributed by atoms with Crippen LogP contribution in [0.2, 0.25) is 0 Å². The van der Waals surface area contributed by atoms with Crippen molar-refractivity contribution in [2.75, 3.05) is 13.7 Å². The van der Waals surface area contributed by atoms with Crippen LogP contribution in [-0.2, 0) is 11.3 Å². The first-order valence-corrected chi connectivity index (χ1v) is 6.98. The highest BCUT2D eigenvalue weighted by Crippen LogP contribution is 2.12. The number of carbonyl (C=O) groups is 1. The zero-order valence-corrected chi connectivity index (χ0v) is 12.7. The van der Waals surface area contributed by atoms with Crippen LogP contribution in [-0.4, -0.2) is 24.5 Å². The van der Waals surface area contributed by atoms with Crippen molar-refractivity contribution in [3.05, 3.63) is 65.2 Å². The molecule has 0 aliphatic carbocycles. The first-order chi connectivity index (χ1) is 11.1. The molecule has 5 nitrogen and oxygen atoms in total. The van der Waals surface area contributed by atoms with Gasteiger partial charge in [0.2, 0.25) is 0 Å². The minimum Gasteiger partial charge on any atom is -0.484 e. The van der Waals surface area contributed by atoms with Gasteiger partial charge in [0, 0.05) is 13.6 Å². The Hall–Kier alpha value is -3.31. The van der Waals surface area contributed by atoms with Gasteiger partial charge in [-0.2, -0.15) is 10.5 Å². The van der Waals surface area contributed by atoms with Crippen LogP contribution in [0, 0.1) is 22.7 Å². The van der Waals surface area contributed by atoms with Gasteiger partial charge in [0.25, 0.3) is 5.91 Å². The van der Waals surface area contributed by atoms with Crippen LogP contribution in [0.5, 0.6) is 5.75 Å². The normalized spacial score (nSPS) is 9.52. The molecule has 0 fully saturated rings. The van der Waals surface area contributed by atoms with E-state index in [2.05, 4.69) is 6.07 Å². The topological polar surface area (TPSA) is 77.1 Å². The summed E-state index contributed by atoms with van der Waals surface area (Å²) in [5.74, 6) is 0.392. The number of hydrogen-bond acceptors (Lipinski definition) is 4. The first kappa shape index (κ1) is 16.1. The third-order valence-corrected chi connectivity index (χ3v) is 3.27. The van der Waals surface area contributed by atoms with E-state index < -0.39 is 0 Å². The van der Waals surface area contributed by atoms with Crippen LogP contribution in [0.4, 0.5) is 0 Å². The van der Waals surface area contributed by atoms with Crippen molar-refractivity contribution in [3.8, 4) is 17.9 Å². The fourth-order valence-electron chi connectivity index (χ4n) is 1.93. The van der Waals surface area contributed by atoms with E-state index in [-0.39, 0.29) is 12.5 Å². The van der Waals surface area contributed by atoms with Crippen LogP contribution in [0.15, 0.2) is 48.5 Å². The van der Waals surface area contributed by atoms with E-state index in [9.17, 15) is 4.79 Å². The highest BCUT2D eigenvalue weighted by atomic mass is 16.5. The van der Waals surface area contributed by atoms with Crippen LogP contribution in [0.3, 0.4) is 0 Å². The van der Waals surface area contributed by atoms with E-state index in [4.69, 9.17) is 15.3 Å². The lowest BCUT2D eigenvalue weighted by molar-refractivity contribution is -0.132. The lowest BCUT2D eigenvalue weighted by Crippen LogP contribution is -2.30. The summed E-state index contributed by atoms with van der Waals surface area (Å²) in [6, 6.07) is 17.8. The molecule has 0 N–H and O–H groups in total. The number of ether oxygens (including phenoxy) is 1. The molecule has 0 aliphatic heterocycles. The summed E-state index contributed by atoms with van der Waals surface area (Å²) in [5, 5.41) is 17.5. The van der Waals surface area contributed by atoms with Crippen molar-refractivity contribution in [1.29, 1.82) is 10.5 Å². The maximum Gasteiger partial charge on any atom is 0.260 e.